The number of rotatable bonds is 8. The van der Waals surface area contributed by atoms with Gasteiger partial charge < -0.3 is 5.32 Å². The first-order valence-electron chi connectivity index (χ1n) is 8.34. The third-order valence-corrected chi connectivity index (χ3v) is 5.44. The average Bonchev–Trinajstić information content (AvgIpc) is 2.62. The van der Waals surface area contributed by atoms with Crippen LogP contribution in [0.4, 0.5) is 0 Å². The summed E-state index contributed by atoms with van der Waals surface area (Å²) in [6, 6.07) is 16.5. The Morgan fingerprint density at radius 3 is 2.12 bits per heavy atom. The van der Waals surface area contributed by atoms with E-state index in [4.69, 9.17) is 0 Å². The zero-order chi connectivity index (χ0) is 18.3. The van der Waals surface area contributed by atoms with Crippen molar-refractivity contribution in [3.8, 4) is 0 Å². The highest BCUT2D eigenvalue weighted by atomic mass is 32.2. The fraction of sp³-hybridized carbons (Fsp3) is 0.316. The molecule has 5 nitrogen and oxygen atoms in total. The molecule has 0 aliphatic heterocycles. The van der Waals surface area contributed by atoms with Gasteiger partial charge in [-0.3, -0.25) is 4.79 Å². The van der Waals surface area contributed by atoms with Crippen molar-refractivity contribution in [1.82, 2.24) is 10.0 Å². The molecule has 0 saturated carbocycles. The van der Waals surface area contributed by atoms with Crippen LogP contribution in [0.25, 0.3) is 0 Å². The number of benzene rings is 2. The van der Waals surface area contributed by atoms with E-state index >= 15 is 0 Å². The number of carbonyl (C=O) groups excluding carboxylic acids is 1. The Bertz CT molecular complexity index is 777. The van der Waals surface area contributed by atoms with Crippen molar-refractivity contribution < 1.29 is 13.2 Å². The molecular weight excluding hydrogens is 336 g/mol. The van der Waals surface area contributed by atoms with Crippen LogP contribution in [0.5, 0.6) is 0 Å². The molecule has 0 aliphatic rings. The zero-order valence-corrected chi connectivity index (χ0v) is 15.3. The third kappa shape index (κ3) is 5.69. The lowest BCUT2D eigenvalue weighted by molar-refractivity contribution is -0.123. The van der Waals surface area contributed by atoms with Crippen molar-refractivity contribution in [2.75, 3.05) is 0 Å². The average molecular weight is 360 g/mol. The SMILES string of the molecule is CC[C@H](C)NC(=O)[C@@H](Cc1ccccc1)NS(=O)(=O)c1ccccc1. The van der Waals surface area contributed by atoms with Crippen molar-refractivity contribution >= 4 is 15.9 Å². The molecular formula is C19H24N2O3S. The summed E-state index contributed by atoms with van der Waals surface area (Å²) in [6.45, 7) is 3.86. The smallest absolute Gasteiger partial charge is 0.241 e. The Morgan fingerprint density at radius 1 is 1.00 bits per heavy atom. The van der Waals surface area contributed by atoms with E-state index in [0.717, 1.165) is 12.0 Å². The maximum atomic E-state index is 12.6. The summed E-state index contributed by atoms with van der Waals surface area (Å²) in [6.07, 6.45) is 1.06. The molecule has 25 heavy (non-hydrogen) atoms. The van der Waals surface area contributed by atoms with Gasteiger partial charge in [0.25, 0.3) is 0 Å². The fourth-order valence-electron chi connectivity index (χ4n) is 2.34. The molecule has 0 spiro atoms. The third-order valence-electron chi connectivity index (χ3n) is 3.95. The molecule has 2 aromatic rings. The minimum atomic E-state index is -3.78. The Labute approximate surface area is 149 Å². The van der Waals surface area contributed by atoms with Crippen LogP contribution < -0.4 is 10.0 Å². The lowest BCUT2D eigenvalue weighted by Crippen LogP contribution is -2.50. The molecule has 0 fully saturated rings. The van der Waals surface area contributed by atoms with E-state index in [2.05, 4.69) is 10.0 Å². The zero-order valence-electron chi connectivity index (χ0n) is 14.5. The lowest BCUT2D eigenvalue weighted by Gasteiger charge is -2.21. The van der Waals surface area contributed by atoms with Crippen molar-refractivity contribution in [2.24, 2.45) is 0 Å². The minimum Gasteiger partial charge on any atom is -0.352 e. The predicted molar refractivity (Wildman–Crippen MR) is 98.6 cm³/mol. The van der Waals surface area contributed by atoms with Gasteiger partial charge in [0.05, 0.1) is 4.90 Å². The summed E-state index contributed by atoms with van der Waals surface area (Å²) in [5.41, 5.74) is 0.891. The van der Waals surface area contributed by atoms with Gasteiger partial charge in [-0.25, -0.2) is 8.42 Å². The number of hydrogen-bond acceptors (Lipinski definition) is 3. The number of carbonyl (C=O) groups is 1. The highest BCUT2D eigenvalue weighted by molar-refractivity contribution is 7.89. The second kappa shape index (κ2) is 8.78. The maximum Gasteiger partial charge on any atom is 0.241 e. The predicted octanol–water partition coefficient (Wildman–Crippen LogP) is 2.49. The van der Waals surface area contributed by atoms with Gasteiger partial charge >= 0.3 is 0 Å². The van der Waals surface area contributed by atoms with Gasteiger partial charge in [0.15, 0.2) is 0 Å². The Balaban J connectivity index is 2.23. The van der Waals surface area contributed by atoms with Crippen LogP contribution in [0.1, 0.15) is 25.8 Å². The molecule has 6 heteroatoms. The highest BCUT2D eigenvalue weighted by Crippen LogP contribution is 2.11. The molecule has 0 bridgehead atoms. The number of nitrogens with one attached hydrogen (secondary N) is 2. The quantitative estimate of drug-likeness (QED) is 0.759. The molecule has 1 amide bonds. The first kappa shape index (κ1) is 19.1. The maximum absolute atomic E-state index is 12.6. The molecule has 0 aromatic heterocycles. The van der Waals surface area contributed by atoms with Crippen LogP contribution >= 0.6 is 0 Å². The molecule has 0 unspecified atom stereocenters. The van der Waals surface area contributed by atoms with Crippen molar-refractivity contribution in [3.63, 3.8) is 0 Å². The first-order chi connectivity index (χ1) is 11.9. The molecule has 134 valence electrons. The summed E-state index contributed by atoms with van der Waals surface area (Å²) in [5.74, 6) is -0.322. The Kier molecular flexibility index (Phi) is 6.73. The van der Waals surface area contributed by atoms with Gasteiger partial charge in [0.1, 0.15) is 6.04 Å². The van der Waals surface area contributed by atoms with Crippen molar-refractivity contribution in [3.05, 3.63) is 66.2 Å². The van der Waals surface area contributed by atoms with E-state index in [1.807, 2.05) is 44.2 Å². The second-order valence-corrected chi connectivity index (χ2v) is 7.71. The summed E-state index contributed by atoms with van der Waals surface area (Å²) in [5, 5.41) is 2.86. The molecule has 2 N–H and O–H groups in total. The largest absolute Gasteiger partial charge is 0.352 e. The summed E-state index contributed by atoms with van der Waals surface area (Å²) >= 11 is 0. The van der Waals surface area contributed by atoms with Gasteiger partial charge in [-0.15, -0.1) is 0 Å². The number of sulfonamides is 1. The van der Waals surface area contributed by atoms with Crippen LogP contribution in [0.2, 0.25) is 0 Å². The molecule has 2 aromatic carbocycles. The number of amides is 1. The van der Waals surface area contributed by atoms with Gasteiger partial charge in [-0.05, 0) is 37.5 Å². The molecule has 0 radical (unpaired) electrons. The van der Waals surface area contributed by atoms with Gasteiger partial charge in [-0.1, -0.05) is 55.5 Å². The van der Waals surface area contributed by atoms with E-state index < -0.39 is 16.1 Å². The summed E-state index contributed by atoms with van der Waals surface area (Å²) < 4.78 is 27.8. The van der Waals surface area contributed by atoms with Crippen molar-refractivity contribution in [2.45, 2.75) is 43.7 Å². The molecule has 2 rings (SSSR count). The highest BCUT2D eigenvalue weighted by Gasteiger charge is 2.26. The van der Waals surface area contributed by atoms with Gasteiger partial charge in [0.2, 0.25) is 15.9 Å². The van der Waals surface area contributed by atoms with E-state index in [1.54, 1.807) is 18.2 Å². The summed E-state index contributed by atoms with van der Waals surface area (Å²) in [7, 11) is -3.78. The van der Waals surface area contributed by atoms with Gasteiger partial charge in [-0.2, -0.15) is 4.72 Å². The number of hydrogen-bond donors (Lipinski definition) is 2. The van der Waals surface area contributed by atoms with Crippen LogP contribution in [-0.2, 0) is 21.2 Å². The van der Waals surface area contributed by atoms with Gasteiger partial charge in [0, 0.05) is 6.04 Å². The summed E-state index contributed by atoms with van der Waals surface area (Å²) in [4.78, 5) is 12.7. The van der Waals surface area contributed by atoms with Crippen LogP contribution in [0, 0.1) is 0 Å². The minimum absolute atomic E-state index is 0.0213. The molecule has 2 atom stereocenters. The molecule has 0 saturated heterocycles. The monoisotopic (exact) mass is 360 g/mol. The second-order valence-electron chi connectivity index (χ2n) is 5.99. The lowest BCUT2D eigenvalue weighted by atomic mass is 10.1. The van der Waals surface area contributed by atoms with E-state index in [0.29, 0.717) is 0 Å². The Hall–Kier alpha value is -2.18. The standard InChI is InChI=1S/C19H24N2O3S/c1-3-15(2)20-19(22)18(14-16-10-6-4-7-11-16)21-25(23,24)17-12-8-5-9-13-17/h4-13,15,18,21H,3,14H2,1-2H3,(H,20,22)/t15-,18+/m0/s1. The van der Waals surface area contributed by atoms with Crippen LogP contribution in [-0.4, -0.2) is 26.4 Å². The Morgan fingerprint density at radius 2 is 1.56 bits per heavy atom. The molecule has 0 aliphatic carbocycles. The van der Waals surface area contributed by atoms with E-state index in [-0.39, 0.29) is 23.3 Å². The fourth-order valence-corrected chi connectivity index (χ4v) is 3.55. The van der Waals surface area contributed by atoms with Crippen LogP contribution in [0.3, 0.4) is 0 Å². The first-order valence-corrected chi connectivity index (χ1v) is 9.82. The van der Waals surface area contributed by atoms with E-state index in [1.165, 1.54) is 12.1 Å². The van der Waals surface area contributed by atoms with E-state index in [9.17, 15) is 13.2 Å². The van der Waals surface area contributed by atoms with Crippen LogP contribution in [0.15, 0.2) is 65.6 Å². The molecule has 0 heterocycles. The normalized spacial score (nSPS) is 13.8. The topological polar surface area (TPSA) is 75.3 Å². The van der Waals surface area contributed by atoms with Crippen molar-refractivity contribution in [1.29, 1.82) is 0 Å².